The maximum Gasteiger partial charge on any atom is 0.183 e. The zero-order chi connectivity index (χ0) is 14.2. The quantitative estimate of drug-likeness (QED) is 0.771. The van der Waals surface area contributed by atoms with Gasteiger partial charge in [-0.1, -0.05) is 23.5 Å². The molecule has 4 nitrogen and oxygen atoms in total. The lowest BCUT2D eigenvalue weighted by Crippen LogP contribution is -2.30. The fraction of sp³-hybridized carbons (Fsp3) is 0.267. The molecule has 104 valence electrons. The van der Waals surface area contributed by atoms with Gasteiger partial charge in [0.1, 0.15) is 17.1 Å². The molecular weight excluding hydrogens is 272 g/mol. The van der Waals surface area contributed by atoms with Crippen LogP contribution in [0.3, 0.4) is 0 Å². The van der Waals surface area contributed by atoms with Gasteiger partial charge < -0.3 is 14.8 Å². The van der Waals surface area contributed by atoms with Crippen molar-refractivity contribution in [3.63, 3.8) is 0 Å². The Hall–Kier alpha value is -1.85. The van der Waals surface area contributed by atoms with Crippen LogP contribution in [0.1, 0.15) is 18.4 Å². The number of fused-ring (bicyclic) bond motifs is 1. The fourth-order valence-corrected chi connectivity index (χ4v) is 2.87. The lowest BCUT2D eigenvalue weighted by Gasteiger charge is -2.20. The highest BCUT2D eigenvalue weighted by atomic mass is 32.1. The second-order valence-electron chi connectivity index (χ2n) is 5.02. The standard InChI is InChI=1S/C15H16N2O2S/c1-10-7-8-13(19-10)15(2,18)9-16-14-17-11-5-3-4-6-12(11)20-14/h3-8,18H,9H2,1-2H3,(H,16,17). The summed E-state index contributed by atoms with van der Waals surface area (Å²) in [6, 6.07) is 11.6. The zero-order valence-electron chi connectivity index (χ0n) is 11.4. The van der Waals surface area contributed by atoms with Gasteiger partial charge in [0.25, 0.3) is 0 Å². The molecule has 2 aromatic heterocycles. The second kappa shape index (κ2) is 4.92. The molecule has 0 aliphatic carbocycles. The van der Waals surface area contributed by atoms with Crippen LogP contribution >= 0.6 is 11.3 Å². The predicted octanol–water partition coefficient (Wildman–Crippen LogP) is 3.52. The van der Waals surface area contributed by atoms with E-state index in [9.17, 15) is 5.11 Å². The van der Waals surface area contributed by atoms with Crippen molar-refractivity contribution >= 4 is 26.7 Å². The van der Waals surface area contributed by atoms with Crippen LogP contribution in [0, 0.1) is 6.92 Å². The summed E-state index contributed by atoms with van der Waals surface area (Å²) in [7, 11) is 0. The van der Waals surface area contributed by atoms with Gasteiger partial charge in [-0.05, 0) is 38.1 Å². The van der Waals surface area contributed by atoms with E-state index in [-0.39, 0.29) is 0 Å². The van der Waals surface area contributed by atoms with Crippen molar-refractivity contribution in [2.45, 2.75) is 19.4 Å². The number of aliphatic hydroxyl groups is 1. The van der Waals surface area contributed by atoms with Crippen LogP contribution < -0.4 is 5.32 Å². The van der Waals surface area contributed by atoms with E-state index < -0.39 is 5.60 Å². The Morgan fingerprint density at radius 3 is 2.80 bits per heavy atom. The van der Waals surface area contributed by atoms with Crippen molar-refractivity contribution in [2.75, 3.05) is 11.9 Å². The molecule has 1 aromatic carbocycles. The molecule has 1 unspecified atom stereocenters. The summed E-state index contributed by atoms with van der Waals surface area (Å²) < 4.78 is 6.62. The molecule has 0 radical (unpaired) electrons. The van der Waals surface area contributed by atoms with Gasteiger partial charge in [0.15, 0.2) is 5.13 Å². The van der Waals surface area contributed by atoms with Crippen LogP contribution in [-0.4, -0.2) is 16.6 Å². The minimum absolute atomic E-state index is 0.347. The number of anilines is 1. The molecule has 0 amide bonds. The van der Waals surface area contributed by atoms with Crippen molar-refractivity contribution in [3.8, 4) is 0 Å². The lowest BCUT2D eigenvalue weighted by molar-refractivity contribution is 0.0468. The minimum atomic E-state index is -1.06. The highest BCUT2D eigenvalue weighted by Crippen LogP contribution is 2.28. The summed E-state index contributed by atoms with van der Waals surface area (Å²) in [5.74, 6) is 1.35. The Kier molecular flexibility index (Phi) is 3.23. The molecule has 0 bridgehead atoms. The molecule has 0 fully saturated rings. The number of para-hydroxylation sites is 1. The molecule has 2 heterocycles. The number of nitrogens with zero attached hydrogens (tertiary/aromatic N) is 1. The minimum Gasteiger partial charge on any atom is -0.463 e. The first-order valence-corrected chi connectivity index (χ1v) is 7.25. The van der Waals surface area contributed by atoms with Crippen molar-refractivity contribution in [1.29, 1.82) is 0 Å². The molecule has 3 aromatic rings. The second-order valence-corrected chi connectivity index (χ2v) is 6.06. The Morgan fingerprint density at radius 1 is 1.30 bits per heavy atom. The number of aromatic nitrogens is 1. The molecule has 0 aliphatic heterocycles. The molecular formula is C15H16N2O2S. The number of thiazole rings is 1. The third-order valence-corrected chi connectivity index (χ3v) is 4.14. The summed E-state index contributed by atoms with van der Waals surface area (Å²) in [5.41, 5.74) is -0.0972. The van der Waals surface area contributed by atoms with Crippen LogP contribution in [-0.2, 0) is 5.60 Å². The van der Waals surface area contributed by atoms with Crippen molar-refractivity contribution in [1.82, 2.24) is 4.98 Å². The van der Waals surface area contributed by atoms with Gasteiger partial charge in [0, 0.05) is 0 Å². The lowest BCUT2D eigenvalue weighted by atomic mass is 10.0. The number of aryl methyl sites for hydroxylation is 1. The molecule has 2 N–H and O–H groups in total. The Morgan fingerprint density at radius 2 is 2.10 bits per heavy atom. The average molecular weight is 288 g/mol. The van der Waals surface area contributed by atoms with Crippen LogP contribution in [0.5, 0.6) is 0 Å². The first-order valence-electron chi connectivity index (χ1n) is 6.43. The number of benzene rings is 1. The van der Waals surface area contributed by atoms with E-state index in [1.807, 2.05) is 37.3 Å². The Balaban J connectivity index is 1.75. The van der Waals surface area contributed by atoms with Gasteiger partial charge in [-0.3, -0.25) is 0 Å². The van der Waals surface area contributed by atoms with Gasteiger partial charge in [-0.2, -0.15) is 0 Å². The third-order valence-electron chi connectivity index (χ3n) is 3.15. The van der Waals surface area contributed by atoms with Crippen molar-refractivity contribution in [3.05, 3.63) is 47.9 Å². The largest absolute Gasteiger partial charge is 0.463 e. The Bertz CT molecular complexity index is 697. The highest BCUT2D eigenvalue weighted by Gasteiger charge is 2.26. The summed E-state index contributed by atoms with van der Waals surface area (Å²) in [6.07, 6.45) is 0. The van der Waals surface area contributed by atoms with E-state index in [1.54, 1.807) is 24.3 Å². The molecule has 20 heavy (non-hydrogen) atoms. The van der Waals surface area contributed by atoms with Gasteiger partial charge in [-0.15, -0.1) is 0 Å². The fourth-order valence-electron chi connectivity index (χ4n) is 2.01. The molecule has 0 saturated carbocycles. The normalized spacial score (nSPS) is 14.3. The number of hydrogen-bond donors (Lipinski definition) is 2. The smallest absolute Gasteiger partial charge is 0.183 e. The third kappa shape index (κ3) is 2.55. The zero-order valence-corrected chi connectivity index (χ0v) is 12.2. The number of furan rings is 1. The SMILES string of the molecule is Cc1ccc(C(C)(O)CNc2nc3ccccc3s2)o1. The van der Waals surface area contributed by atoms with Crippen LogP contribution in [0.15, 0.2) is 40.8 Å². The maximum absolute atomic E-state index is 10.5. The first kappa shape index (κ1) is 13.1. The number of rotatable bonds is 4. The van der Waals surface area contributed by atoms with E-state index in [2.05, 4.69) is 10.3 Å². The summed E-state index contributed by atoms with van der Waals surface area (Å²) in [6.45, 7) is 3.94. The van der Waals surface area contributed by atoms with E-state index in [0.717, 1.165) is 21.1 Å². The van der Waals surface area contributed by atoms with Gasteiger partial charge in [0.05, 0.1) is 16.8 Å². The van der Waals surface area contributed by atoms with Gasteiger partial charge >= 0.3 is 0 Å². The van der Waals surface area contributed by atoms with E-state index in [0.29, 0.717) is 12.3 Å². The molecule has 0 saturated heterocycles. The summed E-state index contributed by atoms with van der Waals surface area (Å²) >= 11 is 1.57. The van der Waals surface area contributed by atoms with E-state index in [4.69, 9.17) is 4.42 Å². The van der Waals surface area contributed by atoms with Gasteiger partial charge in [0.2, 0.25) is 0 Å². The van der Waals surface area contributed by atoms with E-state index >= 15 is 0 Å². The molecule has 3 rings (SSSR count). The van der Waals surface area contributed by atoms with Crippen molar-refractivity contribution in [2.24, 2.45) is 0 Å². The van der Waals surface area contributed by atoms with Crippen LogP contribution in [0.2, 0.25) is 0 Å². The topological polar surface area (TPSA) is 58.3 Å². The van der Waals surface area contributed by atoms with Crippen LogP contribution in [0.25, 0.3) is 10.2 Å². The monoisotopic (exact) mass is 288 g/mol. The first-order chi connectivity index (χ1) is 9.54. The Labute approximate surface area is 121 Å². The predicted molar refractivity (Wildman–Crippen MR) is 81.1 cm³/mol. The molecule has 5 heteroatoms. The number of hydrogen-bond acceptors (Lipinski definition) is 5. The maximum atomic E-state index is 10.5. The molecule has 1 atom stereocenters. The molecule has 0 spiro atoms. The van der Waals surface area contributed by atoms with Crippen LogP contribution in [0.4, 0.5) is 5.13 Å². The highest BCUT2D eigenvalue weighted by molar-refractivity contribution is 7.22. The van der Waals surface area contributed by atoms with E-state index in [1.165, 1.54) is 0 Å². The summed E-state index contributed by atoms with van der Waals surface area (Å²) in [5, 5.41) is 14.4. The molecule has 0 aliphatic rings. The average Bonchev–Trinajstić information content (AvgIpc) is 3.02. The summed E-state index contributed by atoms with van der Waals surface area (Å²) in [4.78, 5) is 4.48. The van der Waals surface area contributed by atoms with Crippen molar-refractivity contribution < 1.29 is 9.52 Å². The number of nitrogens with one attached hydrogen (secondary N) is 1. The van der Waals surface area contributed by atoms with Gasteiger partial charge in [-0.25, -0.2) is 4.98 Å².